The summed E-state index contributed by atoms with van der Waals surface area (Å²) in [6.45, 7) is 1.92. The van der Waals surface area contributed by atoms with Crippen LogP contribution in [0.15, 0.2) is 23.6 Å². The topological polar surface area (TPSA) is 0 Å². The monoisotopic (exact) mass is 168 g/mol. The average Bonchev–Trinajstić information content (AvgIpc) is 2.34. The molecule has 0 aliphatic heterocycles. The molecule has 52 valence electrons. The molecule has 1 heterocycles. The van der Waals surface area contributed by atoms with Crippen LogP contribution in [0.5, 0.6) is 0 Å². The van der Waals surface area contributed by atoms with Crippen molar-refractivity contribution in [2.45, 2.75) is 6.92 Å². The second kappa shape index (κ2) is 3.64. The van der Waals surface area contributed by atoms with Crippen LogP contribution >= 0.6 is 23.6 Å². The van der Waals surface area contributed by atoms with Crippen LogP contribution in [0, 0.1) is 0 Å². The Morgan fingerprint density at radius 1 is 1.70 bits per heavy atom. The third-order valence-electron chi connectivity index (χ3n) is 1.03. The first-order valence-electron chi connectivity index (χ1n) is 3.01. The van der Waals surface area contributed by atoms with Crippen molar-refractivity contribution in [3.63, 3.8) is 0 Å². The van der Waals surface area contributed by atoms with Gasteiger partial charge in [0.25, 0.3) is 0 Å². The Balaban J connectivity index is 2.64. The second-order valence-corrected chi connectivity index (χ2v) is 3.58. The third-order valence-corrected chi connectivity index (χ3v) is 2.00. The zero-order valence-corrected chi connectivity index (χ0v) is 7.34. The minimum absolute atomic E-state index is 0.924. The Kier molecular flexibility index (Phi) is 2.78. The second-order valence-electron chi connectivity index (χ2n) is 1.96. The molecule has 0 bridgehead atoms. The molecular formula is C8H8S2. The highest BCUT2D eigenvalue weighted by Crippen LogP contribution is 2.09. The van der Waals surface area contributed by atoms with Crippen LogP contribution in [0.25, 0.3) is 6.08 Å². The number of thiocarbonyl (C=S) groups is 1. The molecule has 1 rings (SSSR count). The summed E-state index contributed by atoms with van der Waals surface area (Å²) < 4.78 is 0. The number of hydrogen-bond donors (Lipinski definition) is 0. The molecule has 0 saturated heterocycles. The van der Waals surface area contributed by atoms with Gasteiger partial charge in [-0.05, 0) is 30.5 Å². The van der Waals surface area contributed by atoms with E-state index < -0.39 is 0 Å². The van der Waals surface area contributed by atoms with Crippen molar-refractivity contribution < 1.29 is 0 Å². The van der Waals surface area contributed by atoms with Crippen molar-refractivity contribution >= 4 is 34.5 Å². The van der Waals surface area contributed by atoms with E-state index in [-0.39, 0.29) is 0 Å². The summed E-state index contributed by atoms with van der Waals surface area (Å²) >= 11 is 6.60. The van der Waals surface area contributed by atoms with Gasteiger partial charge in [-0.25, -0.2) is 0 Å². The summed E-state index contributed by atoms with van der Waals surface area (Å²) in [5.74, 6) is 0. The van der Waals surface area contributed by atoms with Crippen molar-refractivity contribution in [1.29, 1.82) is 0 Å². The van der Waals surface area contributed by atoms with E-state index >= 15 is 0 Å². The van der Waals surface area contributed by atoms with Crippen molar-refractivity contribution in [2.24, 2.45) is 0 Å². The van der Waals surface area contributed by atoms with Crippen LogP contribution in [-0.2, 0) is 0 Å². The average molecular weight is 168 g/mol. The van der Waals surface area contributed by atoms with Crippen LogP contribution in [0.1, 0.15) is 11.8 Å². The van der Waals surface area contributed by atoms with Gasteiger partial charge in [-0.3, -0.25) is 0 Å². The maximum Gasteiger partial charge on any atom is 0.0270 e. The van der Waals surface area contributed by atoms with Crippen molar-refractivity contribution in [3.05, 3.63) is 28.5 Å². The van der Waals surface area contributed by atoms with E-state index in [1.165, 1.54) is 4.88 Å². The van der Waals surface area contributed by atoms with Gasteiger partial charge in [0, 0.05) is 9.74 Å². The van der Waals surface area contributed by atoms with E-state index in [4.69, 9.17) is 12.2 Å². The largest absolute Gasteiger partial charge is 0.144 e. The van der Waals surface area contributed by atoms with Gasteiger partial charge in [0.1, 0.15) is 0 Å². The molecule has 0 nitrogen and oxygen atoms in total. The van der Waals surface area contributed by atoms with Gasteiger partial charge in [0.2, 0.25) is 0 Å². The maximum absolute atomic E-state index is 4.89. The fraction of sp³-hybridized carbons (Fsp3) is 0.125. The summed E-state index contributed by atoms with van der Waals surface area (Å²) in [7, 11) is 0. The van der Waals surface area contributed by atoms with Crippen molar-refractivity contribution in [2.75, 3.05) is 0 Å². The Morgan fingerprint density at radius 3 is 3.00 bits per heavy atom. The fourth-order valence-corrected chi connectivity index (χ4v) is 1.27. The van der Waals surface area contributed by atoms with Crippen molar-refractivity contribution in [1.82, 2.24) is 0 Å². The summed E-state index contributed by atoms with van der Waals surface area (Å²) in [5, 5.41) is 2.05. The normalized spacial score (nSPS) is 10.5. The standard InChI is InChI=1S/C8H8S2/c1-7(9)4-5-8-3-2-6-10-8/h2-6H,1H3. The molecule has 1 aromatic heterocycles. The Morgan fingerprint density at radius 2 is 2.50 bits per heavy atom. The molecule has 10 heavy (non-hydrogen) atoms. The Labute approximate surface area is 70.2 Å². The molecule has 0 unspecified atom stereocenters. The van der Waals surface area contributed by atoms with E-state index in [9.17, 15) is 0 Å². The van der Waals surface area contributed by atoms with Crippen LogP contribution in [0.2, 0.25) is 0 Å². The summed E-state index contributed by atoms with van der Waals surface area (Å²) in [6.07, 6.45) is 3.98. The van der Waals surface area contributed by atoms with E-state index in [1.54, 1.807) is 11.3 Å². The Bertz CT molecular complexity index is 232. The molecule has 0 aromatic carbocycles. The van der Waals surface area contributed by atoms with Crippen LogP contribution in [0.4, 0.5) is 0 Å². The molecule has 0 aliphatic carbocycles. The van der Waals surface area contributed by atoms with Gasteiger partial charge in [0.05, 0.1) is 0 Å². The predicted octanol–water partition coefficient (Wildman–Crippen LogP) is 3.15. The van der Waals surface area contributed by atoms with Crippen LogP contribution in [-0.4, -0.2) is 4.86 Å². The number of hydrogen-bond acceptors (Lipinski definition) is 2. The zero-order valence-electron chi connectivity index (χ0n) is 5.70. The van der Waals surface area contributed by atoms with Gasteiger partial charge in [-0.15, -0.1) is 11.3 Å². The van der Waals surface area contributed by atoms with E-state index in [0.29, 0.717) is 0 Å². The van der Waals surface area contributed by atoms with E-state index in [1.807, 2.05) is 25.1 Å². The first-order chi connectivity index (χ1) is 4.79. The molecule has 0 fully saturated rings. The molecule has 0 saturated carbocycles. The zero-order chi connectivity index (χ0) is 7.40. The van der Waals surface area contributed by atoms with Gasteiger partial charge in [-0.1, -0.05) is 18.3 Å². The lowest BCUT2D eigenvalue weighted by molar-refractivity contribution is 1.94. The molecule has 2 heteroatoms. The first-order valence-corrected chi connectivity index (χ1v) is 4.30. The molecule has 0 atom stereocenters. The number of allylic oxidation sites excluding steroid dienone is 1. The van der Waals surface area contributed by atoms with Crippen molar-refractivity contribution in [3.8, 4) is 0 Å². The lowest BCUT2D eigenvalue weighted by Gasteiger charge is -1.81. The van der Waals surface area contributed by atoms with Gasteiger partial charge in [-0.2, -0.15) is 0 Å². The molecular weight excluding hydrogens is 160 g/mol. The third kappa shape index (κ3) is 2.42. The summed E-state index contributed by atoms with van der Waals surface area (Å²) in [4.78, 5) is 2.18. The first kappa shape index (κ1) is 7.63. The van der Waals surface area contributed by atoms with Gasteiger partial charge < -0.3 is 0 Å². The molecule has 0 aliphatic rings. The molecule has 1 aromatic rings. The minimum atomic E-state index is 0.924. The SMILES string of the molecule is CC(=S)C=Cc1cccs1. The highest BCUT2D eigenvalue weighted by atomic mass is 32.1. The summed E-state index contributed by atoms with van der Waals surface area (Å²) in [5.41, 5.74) is 0. The lowest BCUT2D eigenvalue weighted by Crippen LogP contribution is -1.72. The smallest absolute Gasteiger partial charge is 0.0270 e. The molecule has 0 radical (unpaired) electrons. The quantitative estimate of drug-likeness (QED) is 0.483. The van der Waals surface area contributed by atoms with Crippen LogP contribution < -0.4 is 0 Å². The van der Waals surface area contributed by atoms with Gasteiger partial charge >= 0.3 is 0 Å². The van der Waals surface area contributed by atoms with Crippen LogP contribution in [0.3, 0.4) is 0 Å². The fourth-order valence-electron chi connectivity index (χ4n) is 0.586. The maximum atomic E-state index is 4.89. The Hall–Kier alpha value is -0.470. The van der Waals surface area contributed by atoms with Gasteiger partial charge in [0.15, 0.2) is 0 Å². The highest BCUT2D eigenvalue weighted by Gasteiger charge is 1.83. The minimum Gasteiger partial charge on any atom is -0.144 e. The molecule has 0 N–H and O–H groups in total. The molecule has 0 amide bonds. The number of rotatable bonds is 2. The summed E-state index contributed by atoms with van der Waals surface area (Å²) in [6, 6.07) is 4.10. The molecule has 0 spiro atoms. The van der Waals surface area contributed by atoms with E-state index in [2.05, 4.69) is 11.4 Å². The number of thiophene rings is 1. The predicted molar refractivity (Wildman–Crippen MR) is 51.6 cm³/mol. The highest BCUT2D eigenvalue weighted by molar-refractivity contribution is 7.80. The van der Waals surface area contributed by atoms with E-state index in [0.717, 1.165) is 4.86 Å². The lowest BCUT2D eigenvalue weighted by atomic mass is 10.3.